The van der Waals surface area contributed by atoms with Crippen LogP contribution in [0, 0.1) is 0 Å². The van der Waals surface area contributed by atoms with Crippen LogP contribution >= 0.6 is 23.2 Å². The van der Waals surface area contributed by atoms with Crippen LogP contribution in [-0.4, -0.2) is 32.1 Å². The zero-order valence-electron chi connectivity index (χ0n) is 11.8. The Bertz CT molecular complexity index is 540. The van der Waals surface area contributed by atoms with Gasteiger partial charge in [-0.15, -0.1) is 0 Å². The third-order valence-corrected chi connectivity index (χ3v) is 3.32. The number of methoxy groups -OCH3 is 2. The van der Waals surface area contributed by atoms with E-state index in [4.69, 9.17) is 27.9 Å². The van der Waals surface area contributed by atoms with Crippen molar-refractivity contribution in [3.8, 4) is 0 Å². The maximum atomic E-state index is 11.6. The van der Waals surface area contributed by atoms with Crippen LogP contribution in [0.3, 0.4) is 0 Å². The summed E-state index contributed by atoms with van der Waals surface area (Å²) in [5, 5.41) is 1.06. The Morgan fingerprint density at radius 2 is 2.00 bits per heavy atom. The lowest BCUT2D eigenvalue weighted by atomic mass is 10.1. The zero-order valence-corrected chi connectivity index (χ0v) is 13.3. The Kier molecular flexibility index (Phi) is 7.43. The third-order valence-electron chi connectivity index (χ3n) is 2.75. The van der Waals surface area contributed by atoms with E-state index in [1.54, 1.807) is 30.4 Å². The second-order valence-electron chi connectivity index (χ2n) is 4.29. The lowest BCUT2D eigenvalue weighted by Gasteiger charge is -2.09. The van der Waals surface area contributed by atoms with Gasteiger partial charge in [0.2, 0.25) is 0 Å². The SMILES string of the molecule is COC(=O)CC(=O)C[C@@H](/C=C/c1ccc(Cl)cc1Cl)OC. The number of ether oxygens (including phenoxy) is 2. The second-order valence-corrected chi connectivity index (χ2v) is 5.14. The standard InChI is InChI=1S/C15H16Cl2O4/c1-20-13(8-12(18)9-15(19)21-2)6-4-10-3-5-11(16)7-14(10)17/h3-7,13H,8-9H2,1-2H3/b6-4+/t13-/m1/s1. The van der Waals surface area contributed by atoms with Gasteiger partial charge in [0, 0.05) is 23.6 Å². The van der Waals surface area contributed by atoms with E-state index in [-0.39, 0.29) is 18.6 Å². The number of rotatable bonds is 7. The molecule has 21 heavy (non-hydrogen) atoms. The number of carbonyl (C=O) groups excluding carboxylic acids is 2. The van der Waals surface area contributed by atoms with Crippen molar-refractivity contribution >= 4 is 41.0 Å². The number of benzene rings is 1. The number of esters is 1. The molecule has 6 heteroatoms. The first-order valence-electron chi connectivity index (χ1n) is 6.20. The molecule has 1 aromatic rings. The van der Waals surface area contributed by atoms with Crippen molar-refractivity contribution < 1.29 is 19.1 Å². The van der Waals surface area contributed by atoms with E-state index < -0.39 is 12.1 Å². The largest absolute Gasteiger partial charge is 0.469 e. The molecule has 0 aliphatic heterocycles. The van der Waals surface area contributed by atoms with Gasteiger partial charge >= 0.3 is 5.97 Å². The van der Waals surface area contributed by atoms with Crippen molar-refractivity contribution in [2.24, 2.45) is 0 Å². The monoisotopic (exact) mass is 330 g/mol. The molecule has 4 nitrogen and oxygen atoms in total. The predicted molar refractivity (Wildman–Crippen MR) is 82.6 cm³/mol. The molecule has 0 fully saturated rings. The Hall–Kier alpha value is -1.36. The average molecular weight is 331 g/mol. The molecule has 0 saturated carbocycles. The van der Waals surface area contributed by atoms with Gasteiger partial charge in [-0.1, -0.05) is 41.4 Å². The lowest BCUT2D eigenvalue weighted by molar-refractivity contribution is -0.143. The maximum Gasteiger partial charge on any atom is 0.313 e. The first-order valence-corrected chi connectivity index (χ1v) is 6.96. The van der Waals surface area contributed by atoms with Gasteiger partial charge in [-0.25, -0.2) is 0 Å². The highest BCUT2D eigenvalue weighted by molar-refractivity contribution is 6.35. The minimum Gasteiger partial charge on any atom is -0.469 e. The van der Waals surface area contributed by atoms with Crippen LogP contribution in [0.25, 0.3) is 6.08 Å². The molecule has 0 spiro atoms. The van der Waals surface area contributed by atoms with E-state index >= 15 is 0 Å². The first kappa shape index (κ1) is 17.7. The smallest absolute Gasteiger partial charge is 0.313 e. The van der Waals surface area contributed by atoms with Crippen molar-refractivity contribution in [3.63, 3.8) is 0 Å². The molecule has 0 radical (unpaired) electrons. The molecule has 114 valence electrons. The fourth-order valence-electron chi connectivity index (χ4n) is 1.61. The molecular formula is C15H16Cl2O4. The van der Waals surface area contributed by atoms with Crippen molar-refractivity contribution in [2.75, 3.05) is 14.2 Å². The van der Waals surface area contributed by atoms with Gasteiger partial charge in [0.15, 0.2) is 0 Å². The van der Waals surface area contributed by atoms with Crippen LogP contribution in [-0.2, 0) is 19.1 Å². The fraction of sp³-hybridized carbons (Fsp3) is 0.333. The summed E-state index contributed by atoms with van der Waals surface area (Å²) in [5.74, 6) is -0.805. The number of carbonyl (C=O) groups is 2. The molecule has 0 unspecified atom stereocenters. The summed E-state index contributed by atoms with van der Waals surface area (Å²) >= 11 is 11.9. The summed E-state index contributed by atoms with van der Waals surface area (Å²) in [6.07, 6.45) is 2.86. The van der Waals surface area contributed by atoms with Crippen molar-refractivity contribution in [2.45, 2.75) is 18.9 Å². The third kappa shape index (κ3) is 6.29. The van der Waals surface area contributed by atoms with Crippen LogP contribution in [0.1, 0.15) is 18.4 Å². The van der Waals surface area contributed by atoms with Crippen LogP contribution in [0.5, 0.6) is 0 Å². The number of hydrogen-bond acceptors (Lipinski definition) is 4. The minimum atomic E-state index is -0.556. The van der Waals surface area contributed by atoms with E-state index in [0.717, 1.165) is 5.56 Å². The molecule has 1 rings (SSSR count). The minimum absolute atomic E-state index is 0.0906. The van der Waals surface area contributed by atoms with Crippen molar-refractivity contribution in [1.82, 2.24) is 0 Å². The van der Waals surface area contributed by atoms with E-state index in [9.17, 15) is 9.59 Å². The lowest BCUT2D eigenvalue weighted by Crippen LogP contribution is -2.17. The van der Waals surface area contributed by atoms with Gasteiger partial charge in [-0.05, 0) is 17.7 Å². The Labute approximate surface area is 133 Å². The van der Waals surface area contributed by atoms with E-state index in [2.05, 4.69) is 4.74 Å². The topological polar surface area (TPSA) is 52.6 Å². The fourth-order valence-corrected chi connectivity index (χ4v) is 2.08. The molecular weight excluding hydrogens is 315 g/mol. The molecule has 0 aliphatic carbocycles. The predicted octanol–water partition coefficient (Wildman–Crippen LogP) is 3.54. The summed E-state index contributed by atoms with van der Waals surface area (Å²) in [7, 11) is 2.73. The van der Waals surface area contributed by atoms with E-state index in [1.807, 2.05) is 0 Å². The van der Waals surface area contributed by atoms with Crippen LogP contribution in [0.4, 0.5) is 0 Å². The summed E-state index contributed by atoms with van der Waals surface area (Å²) < 4.78 is 9.64. The molecule has 0 saturated heterocycles. The van der Waals surface area contributed by atoms with E-state index in [1.165, 1.54) is 14.2 Å². The van der Waals surface area contributed by atoms with Crippen molar-refractivity contribution in [1.29, 1.82) is 0 Å². The van der Waals surface area contributed by atoms with Crippen molar-refractivity contribution in [3.05, 3.63) is 39.9 Å². The highest BCUT2D eigenvalue weighted by atomic mass is 35.5. The Morgan fingerprint density at radius 1 is 1.29 bits per heavy atom. The van der Waals surface area contributed by atoms with Gasteiger partial charge in [0.1, 0.15) is 12.2 Å². The molecule has 0 bridgehead atoms. The van der Waals surface area contributed by atoms with Gasteiger partial charge in [-0.2, -0.15) is 0 Å². The molecule has 0 amide bonds. The van der Waals surface area contributed by atoms with Crippen LogP contribution in [0.2, 0.25) is 10.0 Å². The number of ketones is 1. The summed E-state index contributed by atoms with van der Waals surface area (Å²) in [6, 6.07) is 5.12. The second kappa shape index (κ2) is 8.82. The van der Waals surface area contributed by atoms with Crippen LogP contribution in [0.15, 0.2) is 24.3 Å². The summed E-state index contributed by atoms with van der Waals surface area (Å²) in [5.41, 5.74) is 0.767. The Morgan fingerprint density at radius 3 is 2.57 bits per heavy atom. The number of halogens is 2. The molecule has 1 atom stereocenters. The normalized spacial score (nSPS) is 12.4. The van der Waals surface area contributed by atoms with E-state index in [0.29, 0.717) is 10.0 Å². The quantitative estimate of drug-likeness (QED) is 0.566. The highest BCUT2D eigenvalue weighted by Crippen LogP contribution is 2.22. The van der Waals surface area contributed by atoms with Crippen LogP contribution < -0.4 is 0 Å². The summed E-state index contributed by atoms with van der Waals surface area (Å²) in [6.45, 7) is 0. The number of Topliss-reactive ketones (excluding diaryl/α,β-unsaturated/α-hetero) is 1. The molecule has 0 aliphatic rings. The summed E-state index contributed by atoms with van der Waals surface area (Å²) in [4.78, 5) is 22.7. The highest BCUT2D eigenvalue weighted by Gasteiger charge is 2.14. The first-order chi connectivity index (χ1) is 9.96. The average Bonchev–Trinajstić information content (AvgIpc) is 2.44. The van der Waals surface area contributed by atoms with Gasteiger partial charge in [-0.3, -0.25) is 9.59 Å². The maximum absolute atomic E-state index is 11.6. The molecule has 1 aromatic carbocycles. The Balaban J connectivity index is 2.66. The molecule has 0 N–H and O–H groups in total. The molecule has 0 heterocycles. The molecule has 0 aromatic heterocycles. The zero-order chi connectivity index (χ0) is 15.8. The van der Waals surface area contributed by atoms with Gasteiger partial charge < -0.3 is 9.47 Å². The van der Waals surface area contributed by atoms with Gasteiger partial charge in [0.05, 0.1) is 13.2 Å². The van der Waals surface area contributed by atoms with Gasteiger partial charge in [0.25, 0.3) is 0 Å². The number of hydrogen-bond donors (Lipinski definition) is 0.